The highest BCUT2D eigenvalue weighted by Gasteiger charge is 2.26. The molecule has 160 valence electrons. The topological polar surface area (TPSA) is 76.5 Å². The Morgan fingerprint density at radius 2 is 1.94 bits per heavy atom. The fourth-order valence-electron chi connectivity index (χ4n) is 3.90. The lowest BCUT2D eigenvalue weighted by atomic mass is 10.0. The molecule has 4 rings (SSSR count). The molecule has 1 N–H and O–H groups in total. The molecular weight excluding hydrogens is 392 g/mol. The zero-order valence-electron chi connectivity index (χ0n) is 17.7. The highest BCUT2D eigenvalue weighted by Crippen LogP contribution is 2.25. The quantitative estimate of drug-likeness (QED) is 0.690. The summed E-state index contributed by atoms with van der Waals surface area (Å²) in [5.74, 6) is 0.418. The first kappa shape index (κ1) is 20.7. The number of imidazole rings is 1. The fraction of sp³-hybridized carbons (Fsp3) is 0.292. The molecule has 3 aromatic rings. The number of hydrogen-bond acceptors (Lipinski definition) is 4. The van der Waals surface area contributed by atoms with Gasteiger partial charge >= 0.3 is 0 Å². The van der Waals surface area contributed by atoms with Crippen LogP contribution in [0.15, 0.2) is 61.1 Å². The number of ether oxygens (including phenoxy) is 1. The molecular formula is C24H26N4O3. The average molecular weight is 418 g/mol. The van der Waals surface area contributed by atoms with Crippen LogP contribution >= 0.6 is 0 Å². The minimum Gasteiger partial charge on any atom is -0.495 e. The SMILES string of the molecule is COc1cc(C(=O)NC2CCCN(C(=O)c3ccccc3)C2)ccc1-n1cnc(C)c1. The average Bonchev–Trinajstić information content (AvgIpc) is 3.24. The molecule has 0 radical (unpaired) electrons. The van der Waals surface area contributed by atoms with E-state index in [9.17, 15) is 9.59 Å². The van der Waals surface area contributed by atoms with Gasteiger partial charge in [0.2, 0.25) is 0 Å². The molecule has 1 aromatic heterocycles. The van der Waals surface area contributed by atoms with Gasteiger partial charge in [-0.25, -0.2) is 4.98 Å². The minimum absolute atomic E-state index is 0.00111. The van der Waals surface area contributed by atoms with Crippen LogP contribution in [-0.4, -0.2) is 52.5 Å². The van der Waals surface area contributed by atoms with Gasteiger partial charge in [-0.05, 0) is 50.1 Å². The van der Waals surface area contributed by atoms with E-state index in [4.69, 9.17) is 4.74 Å². The smallest absolute Gasteiger partial charge is 0.253 e. The van der Waals surface area contributed by atoms with E-state index in [-0.39, 0.29) is 17.9 Å². The second-order valence-corrected chi connectivity index (χ2v) is 7.74. The Labute approximate surface area is 181 Å². The Bertz CT molecular complexity index is 1080. The maximum absolute atomic E-state index is 12.9. The van der Waals surface area contributed by atoms with Crippen molar-refractivity contribution in [3.63, 3.8) is 0 Å². The summed E-state index contributed by atoms with van der Waals surface area (Å²) in [6, 6.07) is 14.5. The molecule has 31 heavy (non-hydrogen) atoms. The van der Waals surface area contributed by atoms with E-state index in [0.29, 0.717) is 30.0 Å². The van der Waals surface area contributed by atoms with Crippen molar-refractivity contribution in [3.8, 4) is 11.4 Å². The number of methoxy groups -OCH3 is 1. The summed E-state index contributed by atoms with van der Waals surface area (Å²) < 4.78 is 7.37. The van der Waals surface area contributed by atoms with Gasteiger partial charge < -0.3 is 19.5 Å². The lowest BCUT2D eigenvalue weighted by molar-refractivity contribution is 0.0676. The van der Waals surface area contributed by atoms with Crippen molar-refractivity contribution in [2.75, 3.05) is 20.2 Å². The predicted molar refractivity (Wildman–Crippen MR) is 118 cm³/mol. The Balaban J connectivity index is 1.44. The standard InChI is InChI=1S/C24H26N4O3/c1-17-14-28(16-25-17)21-11-10-19(13-22(21)31-2)23(29)26-20-9-6-12-27(15-20)24(30)18-7-4-3-5-8-18/h3-5,7-8,10-11,13-14,16,20H,6,9,12,15H2,1-2H3,(H,26,29). The number of nitrogens with one attached hydrogen (secondary N) is 1. The fourth-order valence-corrected chi connectivity index (χ4v) is 3.90. The molecule has 0 bridgehead atoms. The van der Waals surface area contributed by atoms with E-state index < -0.39 is 0 Å². The van der Waals surface area contributed by atoms with Crippen LogP contribution in [-0.2, 0) is 0 Å². The van der Waals surface area contributed by atoms with Crippen molar-refractivity contribution in [2.45, 2.75) is 25.8 Å². The van der Waals surface area contributed by atoms with Gasteiger partial charge in [-0.3, -0.25) is 9.59 Å². The number of nitrogens with zero attached hydrogens (tertiary/aromatic N) is 3. The van der Waals surface area contributed by atoms with Crippen molar-refractivity contribution >= 4 is 11.8 Å². The van der Waals surface area contributed by atoms with E-state index in [1.54, 1.807) is 25.6 Å². The van der Waals surface area contributed by atoms with Crippen molar-refractivity contribution in [2.24, 2.45) is 0 Å². The Morgan fingerprint density at radius 1 is 1.13 bits per heavy atom. The summed E-state index contributed by atoms with van der Waals surface area (Å²) in [6.45, 7) is 3.12. The van der Waals surface area contributed by atoms with Crippen LogP contribution in [0.2, 0.25) is 0 Å². The van der Waals surface area contributed by atoms with Crippen molar-refractivity contribution < 1.29 is 14.3 Å². The van der Waals surface area contributed by atoms with Crippen LogP contribution in [0.5, 0.6) is 5.75 Å². The maximum Gasteiger partial charge on any atom is 0.253 e. The highest BCUT2D eigenvalue weighted by atomic mass is 16.5. The van der Waals surface area contributed by atoms with Crippen LogP contribution in [0.3, 0.4) is 0 Å². The first-order valence-electron chi connectivity index (χ1n) is 10.4. The van der Waals surface area contributed by atoms with Crippen LogP contribution < -0.4 is 10.1 Å². The molecule has 0 saturated carbocycles. The minimum atomic E-state index is -0.175. The van der Waals surface area contributed by atoms with E-state index in [2.05, 4.69) is 10.3 Å². The third-order valence-electron chi connectivity index (χ3n) is 5.50. The number of carbonyl (C=O) groups excluding carboxylic acids is 2. The first-order valence-corrected chi connectivity index (χ1v) is 10.4. The summed E-state index contributed by atoms with van der Waals surface area (Å²) in [5, 5.41) is 3.08. The molecule has 2 heterocycles. The normalized spacial score (nSPS) is 16.1. The van der Waals surface area contributed by atoms with Gasteiger partial charge in [-0.15, -0.1) is 0 Å². The predicted octanol–water partition coefficient (Wildman–Crippen LogP) is 3.22. The summed E-state index contributed by atoms with van der Waals surface area (Å²) in [7, 11) is 1.58. The van der Waals surface area contributed by atoms with Gasteiger partial charge in [-0.1, -0.05) is 18.2 Å². The number of aromatic nitrogens is 2. The zero-order valence-corrected chi connectivity index (χ0v) is 17.7. The third kappa shape index (κ3) is 4.60. The molecule has 7 heteroatoms. The van der Waals surface area contributed by atoms with E-state index in [1.807, 2.05) is 59.0 Å². The molecule has 1 atom stereocenters. The van der Waals surface area contributed by atoms with Crippen molar-refractivity contribution in [1.29, 1.82) is 0 Å². The number of amides is 2. The molecule has 1 saturated heterocycles. The van der Waals surface area contributed by atoms with E-state index >= 15 is 0 Å². The van der Waals surface area contributed by atoms with Crippen molar-refractivity contribution in [1.82, 2.24) is 19.8 Å². The number of benzene rings is 2. The van der Waals surface area contributed by atoms with Crippen molar-refractivity contribution in [3.05, 3.63) is 77.9 Å². The Kier molecular flexibility index (Phi) is 6.02. The van der Waals surface area contributed by atoms with Gasteiger partial charge in [0.05, 0.1) is 24.8 Å². The van der Waals surface area contributed by atoms with Crippen LogP contribution in [0.1, 0.15) is 39.3 Å². The number of carbonyl (C=O) groups is 2. The summed E-state index contributed by atoms with van der Waals surface area (Å²) in [6.07, 6.45) is 5.31. The van der Waals surface area contributed by atoms with E-state index in [1.165, 1.54) is 0 Å². The molecule has 0 spiro atoms. The lowest BCUT2D eigenvalue weighted by Gasteiger charge is -2.33. The Morgan fingerprint density at radius 3 is 2.65 bits per heavy atom. The summed E-state index contributed by atoms with van der Waals surface area (Å²) >= 11 is 0. The zero-order chi connectivity index (χ0) is 21.8. The maximum atomic E-state index is 12.9. The number of likely N-dealkylation sites (tertiary alicyclic amines) is 1. The van der Waals surface area contributed by atoms with Gasteiger partial charge in [0.25, 0.3) is 11.8 Å². The lowest BCUT2D eigenvalue weighted by Crippen LogP contribution is -2.49. The molecule has 0 aliphatic carbocycles. The van der Waals surface area contributed by atoms with Crippen LogP contribution in [0.4, 0.5) is 0 Å². The summed E-state index contributed by atoms with van der Waals surface area (Å²) in [5.41, 5.74) is 2.90. The second kappa shape index (κ2) is 9.04. The third-order valence-corrected chi connectivity index (χ3v) is 5.50. The number of piperidine rings is 1. The molecule has 1 fully saturated rings. The number of aryl methyl sites for hydroxylation is 1. The molecule has 7 nitrogen and oxygen atoms in total. The molecule has 1 aliphatic heterocycles. The second-order valence-electron chi connectivity index (χ2n) is 7.74. The summed E-state index contributed by atoms with van der Waals surface area (Å²) in [4.78, 5) is 31.7. The first-order chi connectivity index (χ1) is 15.0. The largest absolute Gasteiger partial charge is 0.495 e. The molecule has 1 aliphatic rings. The number of rotatable bonds is 5. The number of hydrogen-bond donors (Lipinski definition) is 1. The van der Waals surface area contributed by atoms with Crippen LogP contribution in [0.25, 0.3) is 5.69 Å². The molecule has 1 unspecified atom stereocenters. The molecule has 2 aromatic carbocycles. The highest BCUT2D eigenvalue weighted by molar-refractivity contribution is 5.96. The van der Waals surface area contributed by atoms with Gasteiger partial charge in [0.15, 0.2) is 0 Å². The van der Waals surface area contributed by atoms with Crippen LogP contribution in [0, 0.1) is 6.92 Å². The molecule has 2 amide bonds. The monoisotopic (exact) mass is 418 g/mol. The van der Waals surface area contributed by atoms with E-state index in [0.717, 1.165) is 24.2 Å². The van der Waals surface area contributed by atoms with Gasteiger partial charge in [0, 0.05) is 36.5 Å². The van der Waals surface area contributed by atoms with Gasteiger partial charge in [0.1, 0.15) is 5.75 Å². The Hall–Kier alpha value is -3.61. The van der Waals surface area contributed by atoms with Gasteiger partial charge in [-0.2, -0.15) is 0 Å².